The van der Waals surface area contributed by atoms with Crippen LogP contribution in [0.25, 0.3) is 6.08 Å². The van der Waals surface area contributed by atoms with E-state index in [1.165, 1.54) is 0 Å². The first kappa shape index (κ1) is 15.8. The van der Waals surface area contributed by atoms with Gasteiger partial charge in [-0.3, -0.25) is 25.0 Å². The number of carboxylic acids is 1. The van der Waals surface area contributed by atoms with Gasteiger partial charge in [0.2, 0.25) is 5.91 Å². The van der Waals surface area contributed by atoms with E-state index in [1.54, 1.807) is 0 Å². The summed E-state index contributed by atoms with van der Waals surface area (Å²) < 4.78 is 0. The van der Waals surface area contributed by atoms with E-state index >= 15 is 0 Å². The lowest BCUT2D eigenvalue weighted by Crippen LogP contribution is -2.24. The number of benzene rings is 1. The molecule has 0 atom stereocenters. The SMILES string of the molecule is CC(=O)NC(=Cc1ccc([N+](=O)[O-])cc1[N+](=O)[O-])C(=O)O. The van der Waals surface area contributed by atoms with Gasteiger partial charge in [0.15, 0.2) is 0 Å². The van der Waals surface area contributed by atoms with Crippen molar-refractivity contribution in [2.24, 2.45) is 0 Å². The predicted octanol–water partition coefficient (Wildman–Crippen LogP) is 1.06. The van der Waals surface area contributed by atoms with Crippen molar-refractivity contribution in [3.63, 3.8) is 0 Å². The number of nitro groups is 2. The summed E-state index contributed by atoms with van der Waals surface area (Å²) in [6, 6.07) is 2.73. The lowest BCUT2D eigenvalue weighted by atomic mass is 10.1. The lowest BCUT2D eigenvalue weighted by Gasteiger charge is -2.03. The molecule has 0 unspecified atom stereocenters. The number of amides is 1. The van der Waals surface area contributed by atoms with Crippen LogP contribution < -0.4 is 5.32 Å². The Morgan fingerprint density at radius 3 is 2.29 bits per heavy atom. The van der Waals surface area contributed by atoms with Crippen LogP contribution in [0.4, 0.5) is 11.4 Å². The second kappa shape index (κ2) is 6.23. The molecule has 0 aliphatic heterocycles. The second-order valence-corrected chi connectivity index (χ2v) is 3.80. The van der Waals surface area contributed by atoms with Crippen LogP contribution in [-0.4, -0.2) is 26.8 Å². The van der Waals surface area contributed by atoms with Gasteiger partial charge in [-0.05, 0) is 12.1 Å². The van der Waals surface area contributed by atoms with Crippen LogP contribution in [-0.2, 0) is 9.59 Å². The third-order valence-electron chi connectivity index (χ3n) is 2.26. The molecule has 10 heteroatoms. The maximum absolute atomic E-state index is 10.9. The Morgan fingerprint density at radius 1 is 1.24 bits per heavy atom. The summed E-state index contributed by atoms with van der Waals surface area (Å²) in [5.41, 5.74) is -1.92. The third-order valence-corrected chi connectivity index (χ3v) is 2.26. The smallest absolute Gasteiger partial charge is 0.352 e. The molecule has 0 saturated heterocycles. The average Bonchev–Trinajstić information content (AvgIpc) is 2.37. The Bertz CT molecular complexity index is 666. The van der Waals surface area contributed by atoms with Gasteiger partial charge in [-0.15, -0.1) is 0 Å². The molecule has 110 valence electrons. The molecule has 0 fully saturated rings. The number of rotatable bonds is 5. The van der Waals surface area contributed by atoms with Crippen molar-refractivity contribution in [3.05, 3.63) is 49.7 Å². The Kier molecular flexibility index (Phi) is 4.68. The number of aliphatic carboxylic acids is 1. The summed E-state index contributed by atoms with van der Waals surface area (Å²) in [5.74, 6) is -2.17. The van der Waals surface area contributed by atoms with Gasteiger partial charge in [0.05, 0.1) is 21.5 Å². The molecule has 1 amide bonds. The maximum Gasteiger partial charge on any atom is 0.352 e. The first-order valence-electron chi connectivity index (χ1n) is 5.37. The fourth-order valence-corrected chi connectivity index (χ4v) is 1.42. The van der Waals surface area contributed by atoms with Crippen molar-refractivity contribution in [1.82, 2.24) is 5.32 Å². The van der Waals surface area contributed by atoms with Crippen LogP contribution in [0, 0.1) is 20.2 Å². The number of hydrogen-bond acceptors (Lipinski definition) is 6. The van der Waals surface area contributed by atoms with E-state index in [2.05, 4.69) is 0 Å². The molecule has 1 aromatic carbocycles. The summed E-state index contributed by atoms with van der Waals surface area (Å²) in [6.45, 7) is 1.07. The van der Waals surface area contributed by atoms with E-state index in [9.17, 15) is 29.8 Å². The molecule has 0 aromatic heterocycles. The van der Waals surface area contributed by atoms with E-state index < -0.39 is 38.8 Å². The number of carbonyl (C=O) groups is 2. The summed E-state index contributed by atoms with van der Waals surface area (Å²) in [6.07, 6.45) is 0.853. The van der Waals surface area contributed by atoms with E-state index in [0.717, 1.165) is 25.1 Å². The Hall–Kier alpha value is -3.30. The first-order chi connectivity index (χ1) is 9.72. The zero-order valence-corrected chi connectivity index (χ0v) is 10.6. The van der Waals surface area contributed by atoms with Gasteiger partial charge in [0.25, 0.3) is 11.4 Å². The molecule has 0 saturated carbocycles. The quantitative estimate of drug-likeness (QED) is 0.467. The van der Waals surface area contributed by atoms with Gasteiger partial charge in [0, 0.05) is 13.0 Å². The van der Waals surface area contributed by atoms with Crippen LogP contribution in [0.15, 0.2) is 23.9 Å². The molecule has 0 heterocycles. The molecule has 0 spiro atoms. The molecule has 2 N–H and O–H groups in total. The minimum atomic E-state index is -1.50. The predicted molar refractivity (Wildman–Crippen MR) is 69.2 cm³/mol. The number of carbonyl (C=O) groups excluding carboxylic acids is 1. The van der Waals surface area contributed by atoms with Crippen molar-refractivity contribution < 1.29 is 24.5 Å². The number of hydrogen-bond donors (Lipinski definition) is 2. The number of carboxylic acid groups (broad SMARTS) is 1. The fraction of sp³-hybridized carbons (Fsp3) is 0.0909. The fourth-order valence-electron chi connectivity index (χ4n) is 1.42. The highest BCUT2D eigenvalue weighted by Gasteiger charge is 2.20. The third kappa shape index (κ3) is 4.09. The molecule has 1 aromatic rings. The monoisotopic (exact) mass is 295 g/mol. The van der Waals surface area contributed by atoms with Crippen LogP contribution in [0.5, 0.6) is 0 Å². The number of nitrogens with one attached hydrogen (secondary N) is 1. The highest BCUT2D eigenvalue weighted by atomic mass is 16.6. The van der Waals surface area contributed by atoms with Crippen molar-refractivity contribution in [1.29, 1.82) is 0 Å². The van der Waals surface area contributed by atoms with Crippen LogP contribution in [0.1, 0.15) is 12.5 Å². The summed E-state index contributed by atoms with van der Waals surface area (Å²) in [5, 5.41) is 32.4. The van der Waals surface area contributed by atoms with Crippen LogP contribution in [0.2, 0.25) is 0 Å². The Balaban J connectivity index is 3.40. The van der Waals surface area contributed by atoms with E-state index in [-0.39, 0.29) is 5.56 Å². The standard InChI is InChI=1S/C11H9N3O7/c1-6(15)12-9(11(16)17)4-7-2-3-8(13(18)19)5-10(7)14(20)21/h2-5H,1H3,(H,12,15)(H,16,17). The van der Waals surface area contributed by atoms with Crippen LogP contribution >= 0.6 is 0 Å². The van der Waals surface area contributed by atoms with Gasteiger partial charge in [-0.1, -0.05) is 0 Å². The number of nitrogens with zero attached hydrogens (tertiary/aromatic N) is 2. The molecule has 0 radical (unpaired) electrons. The van der Waals surface area contributed by atoms with Gasteiger partial charge in [0.1, 0.15) is 5.70 Å². The Labute approximate surface area is 117 Å². The van der Waals surface area contributed by atoms with E-state index in [4.69, 9.17) is 5.11 Å². The normalized spacial score (nSPS) is 10.8. The van der Waals surface area contributed by atoms with E-state index in [1.807, 2.05) is 5.32 Å². The highest BCUT2D eigenvalue weighted by Crippen LogP contribution is 2.26. The average molecular weight is 295 g/mol. The molecule has 1 rings (SSSR count). The molecular weight excluding hydrogens is 286 g/mol. The largest absolute Gasteiger partial charge is 0.477 e. The zero-order chi connectivity index (χ0) is 16.2. The first-order valence-corrected chi connectivity index (χ1v) is 5.37. The summed E-state index contributed by atoms with van der Waals surface area (Å²) in [4.78, 5) is 41.6. The molecule has 21 heavy (non-hydrogen) atoms. The zero-order valence-electron chi connectivity index (χ0n) is 10.6. The minimum absolute atomic E-state index is 0.184. The van der Waals surface area contributed by atoms with Gasteiger partial charge >= 0.3 is 5.97 Å². The topological polar surface area (TPSA) is 153 Å². The molecular formula is C11H9N3O7. The molecule has 0 aliphatic rings. The van der Waals surface area contributed by atoms with Crippen LogP contribution in [0.3, 0.4) is 0 Å². The van der Waals surface area contributed by atoms with E-state index in [0.29, 0.717) is 6.07 Å². The number of nitro benzene ring substituents is 2. The highest BCUT2D eigenvalue weighted by molar-refractivity contribution is 5.96. The number of non-ortho nitro benzene ring substituents is 1. The Morgan fingerprint density at radius 2 is 1.86 bits per heavy atom. The second-order valence-electron chi connectivity index (χ2n) is 3.80. The van der Waals surface area contributed by atoms with Crippen molar-refractivity contribution in [3.8, 4) is 0 Å². The summed E-state index contributed by atoms with van der Waals surface area (Å²) in [7, 11) is 0. The lowest BCUT2D eigenvalue weighted by molar-refractivity contribution is -0.394. The van der Waals surface area contributed by atoms with Crippen molar-refractivity contribution >= 4 is 29.3 Å². The van der Waals surface area contributed by atoms with Gasteiger partial charge < -0.3 is 10.4 Å². The summed E-state index contributed by atoms with van der Waals surface area (Å²) >= 11 is 0. The van der Waals surface area contributed by atoms with Gasteiger partial charge in [-0.2, -0.15) is 0 Å². The molecule has 0 bridgehead atoms. The van der Waals surface area contributed by atoms with Crippen molar-refractivity contribution in [2.45, 2.75) is 6.92 Å². The minimum Gasteiger partial charge on any atom is -0.477 e. The van der Waals surface area contributed by atoms with Crippen molar-refractivity contribution in [2.75, 3.05) is 0 Å². The molecule has 0 aliphatic carbocycles. The molecule has 10 nitrogen and oxygen atoms in total. The maximum atomic E-state index is 10.9. The van der Waals surface area contributed by atoms with Gasteiger partial charge in [-0.25, -0.2) is 4.79 Å².